The summed E-state index contributed by atoms with van der Waals surface area (Å²) in [5.74, 6) is 1.76. The Labute approximate surface area is 125 Å². The van der Waals surface area contributed by atoms with Crippen LogP contribution in [-0.4, -0.2) is 55.1 Å². The molecule has 20 heavy (non-hydrogen) atoms. The molecule has 2 aliphatic rings. The molecule has 0 radical (unpaired) electrons. The van der Waals surface area contributed by atoms with Crippen molar-refractivity contribution in [3.63, 3.8) is 0 Å². The predicted octanol–water partition coefficient (Wildman–Crippen LogP) is 2.56. The molecular formula is C17H35N3. The van der Waals surface area contributed by atoms with Crippen molar-refractivity contribution in [3.05, 3.63) is 0 Å². The normalized spacial score (nSPS) is 33.8. The Morgan fingerprint density at radius 2 is 1.90 bits per heavy atom. The molecule has 0 bridgehead atoms. The van der Waals surface area contributed by atoms with Crippen LogP contribution in [0.1, 0.15) is 52.4 Å². The molecule has 3 nitrogen and oxygen atoms in total. The van der Waals surface area contributed by atoms with E-state index in [9.17, 15) is 0 Å². The number of likely N-dealkylation sites (N-methyl/N-ethyl adjacent to an activating group) is 2. The molecule has 0 spiro atoms. The lowest BCUT2D eigenvalue weighted by atomic mass is 9.78. The third-order valence-electron chi connectivity index (χ3n) is 5.82. The van der Waals surface area contributed by atoms with E-state index in [4.69, 9.17) is 5.73 Å². The van der Waals surface area contributed by atoms with E-state index in [2.05, 4.69) is 30.7 Å². The first-order valence-electron chi connectivity index (χ1n) is 8.80. The highest BCUT2D eigenvalue weighted by Crippen LogP contribution is 2.32. The molecule has 1 saturated carbocycles. The summed E-state index contributed by atoms with van der Waals surface area (Å²) < 4.78 is 0. The lowest BCUT2D eigenvalue weighted by molar-refractivity contribution is 0.106. The number of nitrogens with zero attached hydrogens (tertiary/aromatic N) is 2. The van der Waals surface area contributed by atoms with Gasteiger partial charge < -0.3 is 10.6 Å². The number of hydrogen-bond donors (Lipinski definition) is 1. The Bertz CT molecular complexity index is 273. The fourth-order valence-corrected chi connectivity index (χ4v) is 4.39. The van der Waals surface area contributed by atoms with Crippen LogP contribution < -0.4 is 5.73 Å². The highest BCUT2D eigenvalue weighted by atomic mass is 15.2. The van der Waals surface area contributed by atoms with Crippen molar-refractivity contribution in [1.29, 1.82) is 0 Å². The molecule has 1 heterocycles. The zero-order valence-corrected chi connectivity index (χ0v) is 13.9. The maximum absolute atomic E-state index is 6.13. The van der Waals surface area contributed by atoms with Gasteiger partial charge in [0.1, 0.15) is 0 Å². The van der Waals surface area contributed by atoms with Crippen LogP contribution in [0.5, 0.6) is 0 Å². The highest BCUT2D eigenvalue weighted by molar-refractivity contribution is 4.87. The minimum atomic E-state index is 0.599. The van der Waals surface area contributed by atoms with Crippen molar-refractivity contribution in [1.82, 2.24) is 9.80 Å². The Hall–Kier alpha value is -0.120. The van der Waals surface area contributed by atoms with Gasteiger partial charge in [0.25, 0.3) is 0 Å². The summed E-state index contributed by atoms with van der Waals surface area (Å²) in [5, 5.41) is 0. The summed E-state index contributed by atoms with van der Waals surface area (Å²) in [7, 11) is 2.31. The second-order valence-electron chi connectivity index (χ2n) is 7.19. The maximum atomic E-state index is 6.13. The smallest absolute Gasteiger partial charge is 0.0244 e. The fourth-order valence-electron chi connectivity index (χ4n) is 4.39. The molecule has 3 heteroatoms. The first-order valence-corrected chi connectivity index (χ1v) is 8.80. The van der Waals surface area contributed by atoms with Crippen molar-refractivity contribution >= 4 is 0 Å². The van der Waals surface area contributed by atoms with Gasteiger partial charge in [-0.3, -0.25) is 4.90 Å². The average molecular weight is 281 g/mol. The average Bonchev–Trinajstić information content (AvgIpc) is 2.89. The van der Waals surface area contributed by atoms with Crippen LogP contribution >= 0.6 is 0 Å². The fraction of sp³-hybridized carbons (Fsp3) is 1.00. The molecule has 2 atom stereocenters. The number of rotatable bonds is 6. The van der Waals surface area contributed by atoms with E-state index >= 15 is 0 Å². The van der Waals surface area contributed by atoms with E-state index in [0.717, 1.165) is 24.4 Å². The molecule has 1 aliphatic heterocycles. The largest absolute Gasteiger partial charge is 0.329 e. The molecule has 1 saturated heterocycles. The summed E-state index contributed by atoms with van der Waals surface area (Å²) in [6.45, 7) is 9.22. The summed E-state index contributed by atoms with van der Waals surface area (Å²) in [6.07, 6.45) is 8.32. The number of nitrogens with two attached hydrogens (primary N) is 1. The van der Waals surface area contributed by atoms with Crippen LogP contribution in [-0.2, 0) is 0 Å². The molecule has 0 amide bonds. The lowest BCUT2D eigenvalue weighted by Crippen LogP contribution is -2.49. The van der Waals surface area contributed by atoms with E-state index in [1.54, 1.807) is 0 Å². The molecule has 2 fully saturated rings. The van der Waals surface area contributed by atoms with E-state index in [0.29, 0.717) is 6.04 Å². The topological polar surface area (TPSA) is 32.5 Å². The highest BCUT2D eigenvalue weighted by Gasteiger charge is 2.31. The van der Waals surface area contributed by atoms with Crippen LogP contribution in [0.4, 0.5) is 0 Å². The van der Waals surface area contributed by atoms with Crippen LogP contribution in [0.25, 0.3) is 0 Å². The van der Waals surface area contributed by atoms with Gasteiger partial charge in [-0.05, 0) is 57.7 Å². The maximum Gasteiger partial charge on any atom is 0.0244 e. The Morgan fingerprint density at radius 1 is 1.20 bits per heavy atom. The zero-order chi connectivity index (χ0) is 14.5. The molecular weight excluding hydrogens is 246 g/mol. The molecule has 1 aliphatic carbocycles. The molecule has 0 aromatic rings. The third kappa shape index (κ3) is 3.96. The number of hydrogen-bond acceptors (Lipinski definition) is 3. The Morgan fingerprint density at radius 3 is 2.50 bits per heavy atom. The first kappa shape index (κ1) is 16.3. The molecule has 0 aromatic carbocycles. The van der Waals surface area contributed by atoms with Gasteiger partial charge in [-0.15, -0.1) is 0 Å². The van der Waals surface area contributed by atoms with Crippen LogP contribution in [0.2, 0.25) is 0 Å². The van der Waals surface area contributed by atoms with E-state index in [-0.39, 0.29) is 0 Å². The van der Waals surface area contributed by atoms with Crippen molar-refractivity contribution in [2.75, 3.05) is 33.2 Å². The minimum Gasteiger partial charge on any atom is -0.329 e. The Kier molecular flexibility index (Phi) is 6.31. The quantitative estimate of drug-likeness (QED) is 0.812. The summed E-state index contributed by atoms with van der Waals surface area (Å²) >= 11 is 0. The first-order chi connectivity index (χ1) is 9.65. The van der Waals surface area contributed by atoms with Gasteiger partial charge >= 0.3 is 0 Å². The van der Waals surface area contributed by atoms with Gasteiger partial charge in [-0.2, -0.15) is 0 Å². The molecule has 118 valence electrons. The predicted molar refractivity (Wildman–Crippen MR) is 86.9 cm³/mol. The van der Waals surface area contributed by atoms with E-state index in [1.807, 2.05) is 0 Å². The summed E-state index contributed by atoms with van der Waals surface area (Å²) in [6, 6.07) is 1.36. The standard InChI is InChI=1S/C17H35N3/c1-4-20-11-5-6-16(20)13-19(3)17(12-18)15-9-7-14(2)8-10-15/h14-17H,4-13,18H2,1-3H3. The van der Waals surface area contributed by atoms with Crippen LogP contribution in [0.3, 0.4) is 0 Å². The van der Waals surface area contributed by atoms with Gasteiger partial charge in [-0.25, -0.2) is 0 Å². The van der Waals surface area contributed by atoms with Crippen LogP contribution in [0.15, 0.2) is 0 Å². The van der Waals surface area contributed by atoms with Gasteiger partial charge in [0.05, 0.1) is 0 Å². The minimum absolute atomic E-state index is 0.599. The van der Waals surface area contributed by atoms with Gasteiger partial charge in [0.2, 0.25) is 0 Å². The van der Waals surface area contributed by atoms with Crippen molar-refractivity contribution in [2.24, 2.45) is 17.6 Å². The van der Waals surface area contributed by atoms with Crippen LogP contribution in [0, 0.1) is 11.8 Å². The number of likely N-dealkylation sites (tertiary alicyclic amines) is 1. The molecule has 0 aromatic heterocycles. The summed E-state index contributed by atoms with van der Waals surface area (Å²) in [4.78, 5) is 5.23. The van der Waals surface area contributed by atoms with E-state index in [1.165, 1.54) is 58.2 Å². The van der Waals surface area contributed by atoms with Crippen molar-refractivity contribution in [2.45, 2.75) is 64.5 Å². The molecule has 2 unspecified atom stereocenters. The van der Waals surface area contributed by atoms with Crippen molar-refractivity contribution < 1.29 is 0 Å². The molecule has 2 rings (SSSR count). The lowest BCUT2D eigenvalue weighted by Gasteiger charge is -2.39. The Balaban J connectivity index is 1.86. The molecule has 2 N–H and O–H groups in total. The summed E-state index contributed by atoms with van der Waals surface area (Å²) in [5.41, 5.74) is 6.13. The second kappa shape index (κ2) is 7.77. The van der Waals surface area contributed by atoms with Gasteiger partial charge in [-0.1, -0.05) is 26.7 Å². The zero-order valence-electron chi connectivity index (χ0n) is 13.9. The SMILES string of the molecule is CCN1CCCC1CN(C)C(CN)C1CCC(C)CC1. The second-order valence-corrected chi connectivity index (χ2v) is 7.19. The van der Waals surface area contributed by atoms with E-state index < -0.39 is 0 Å². The van der Waals surface area contributed by atoms with Crippen molar-refractivity contribution in [3.8, 4) is 0 Å². The monoisotopic (exact) mass is 281 g/mol. The van der Waals surface area contributed by atoms with Gasteiger partial charge in [0.15, 0.2) is 0 Å². The van der Waals surface area contributed by atoms with Gasteiger partial charge in [0, 0.05) is 25.2 Å². The third-order valence-corrected chi connectivity index (χ3v) is 5.82.